The number of nitrogens with one attached hydrogen (secondary N) is 1. The maximum Gasteiger partial charge on any atom is 0.0586 e. The summed E-state index contributed by atoms with van der Waals surface area (Å²) in [5, 5.41) is 8.21. The topological polar surface area (TPSA) is 49.9 Å². The van der Waals surface area contributed by atoms with Crippen LogP contribution in [0.1, 0.15) is 18.4 Å². The van der Waals surface area contributed by atoms with Gasteiger partial charge in [-0.05, 0) is 41.2 Å². The van der Waals surface area contributed by atoms with E-state index in [1.165, 1.54) is 16.7 Å². The molecule has 0 aliphatic heterocycles. The van der Waals surface area contributed by atoms with Crippen LogP contribution >= 0.6 is 0 Å². The van der Waals surface area contributed by atoms with Gasteiger partial charge < -0.3 is 11.1 Å². The second kappa shape index (κ2) is 6.56. The van der Waals surface area contributed by atoms with Gasteiger partial charge in [0.25, 0.3) is 0 Å². The Labute approximate surface area is 149 Å². The van der Waals surface area contributed by atoms with Gasteiger partial charge in [-0.3, -0.25) is 0 Å². The van der Waals surface area contributed by atoms with Crippen molar-refractivity contribution in [3.05, 3.63) is 101 Å². The Balaban J connectivity index is 1.77. The summed E-state index contributed by atoms with van der Waals surface area (Å²) in [6, 6.07) is 10.5. The van der Waals surface area contributed by atoms with Gasteiger partial charge in [-0.1, -0.05) is 72.9 Å². The van der Waals surface area contributed by atoms with Crippen molar-refractivity contribution in [2.24, 2.45) is 17.6 Å². The molecule has 0 bridgehead atoms. The average molecular weight is 326 g/mol. The standard InChI is InChI=1S/C23H22N2/c24-22-13-7-6-12-21(22)23(25)20-15-14-17(16-8-2-1-3-9-16)18-10-4-5-11-19(18)20/h1-5,7-11,13-15,19-20,24H,6,12,25H2. The van der Waals surface area contributed by atoms with Crippen LogP contribution in [0.5, 0.6) is 0 Å². The van der Waals surface area contributed by atoms with Gasteiger partial charge in [0.05, 0.1) is 5.71 Å². The summed E-state index contributed by atoms with van der Waals surface area (Å²) in [6.07, 6.45) is 18.8. The maximum absolute atomic E-state index is 8.21. The summed E-state index contributed by atoms with van der Waals surface area (Å²) in [4.78, 5) is 0. The molecule has 0 aromatic heterocycles. The molecule has 1 aromatic rings. The van der Waals surface area contributed by atoms with E-state index in [2.05, 4.69) is 66.8 Å². The number of hydrogen-bond acceptors (Lipinski definition) is 2. The molecule has 0 saturated carbocycles. The Morgan fingerprint density at radius 2 is 1.84 bits per heavy atom. The van der Waals surface area contributed by atoms with E-state index in [-0.39, 0.29) is 11.8 Å². The lowest BCUT2D eigenvalue weighted by Crippen LogP contribution is -2.26. The van der Waals surface area contributed by atoms with E-state index in [0.717, 1.165) is 24.1 Å². The Bertz CT molecular complexity index is 876. The second-order valence-corrected chi connectivity index (χ2v) is 6.68. The number of benzene rings is 1. The van der Waals surface area contributed by atoms with Crippen molar-refractivity contribution < 1.29 is 0 Å². The summed E-state index contributed by atoms with van der Waals surface area (Å²) in [5.41, 5.74) is 12.8. The second-order valence-electron chi connectivity index (χ2n) is 6.68. The predicted octanol–water partition coefficient (Wildman–Crippen LogP) is 4.95. The third-order valence-corrected chi connectivity index (χ3v) is 5.20. The first-order valence-corrected chi connectivity index (χ1v) is 8.82. The molecule has 3 aliphatic rings. The van der Waals surface area contributed by atoms with Gasteiger partial charge in [0.2, 0.25) is 0 Å². The highest BCUT2D eigenvalue weighted by Crippen LogP contribution is 2.41. The normalized spacial score (nSPS) is 26.8. The van der Waals surface area contributed by atoms with Crippen molar-refractivity contribution in [3.63, 3.8) is 0 Å². The van der Waals surface area contributed by atoms with E-state index in [4.69, 9.17) is 11.1 Å². The average Bonchev–Trinajstić information content (AvgIpc) is 2.68. The van der Waals surface area contributed by atoms with Crippen molar-refractivity contribution in [1.29, 1.82) is 5.41 Å². The molecule has 0 spiro atoms. The van der Waals surface area contributed by atoms with Gasteiger partial charge >= 0.3 is 0 Å². The predicted molar refractivity (Wildman–Crippen MR) is 105 cm³/mol. The number of nitrogens with two attached hydrogens (primary N) is 1. The van der Waals surface area contributed by atoms with Crippen LogP contribution in [0.2, 0.25) is 0 Å². The zero-order valence-electron chi connectivity index (χ0n) is 14.2. The summed E-state index contributed by atoms with van der Waals surface area (Å²) in [6.45, 7) is 0. The Morgan fingerprint density at radius 1 is 1.00 bits per heavy atom. The minimum Gasteiger partial charge on any atom is -0.401 e. The Kier molecular flexibility index (Phi) is 4.10. The molecule has 3 aliphatic carbocycles. The lowest BCUT2D eigenvalue weighted by Gasteiger charge is -2.32. The number of fused-ring (bicyclic) bond motifs is 1. The molecule has 2 nitrogen and oxygen atoms in total. The van der Waals surface area contributed by atoms with Crippen LogP contribution < -0.4 is 5.73 Å². The number of hydrogen-bond donors (Lipinski definition) is 2. The third-order valence-electron chi connectivity index (χ3n) is 5.20. The van der Waals surface area contributed by atoms with E-state index in [9.17, 15) is 0 Å². The maximum atomic E-state index is 8.21. The number of allylic oxidation sites excluding steroid dienone is 11. The first-order chi connectivity index (χ1) is 12.3. The fourth-order valence-corrected chi connectivity index (χ4v) is 3.90. The molecule has 0 radical (unpaired) electrons. The fourth-order valence-electron chi connectivity index (χ4n) is 3.90. The van der Waals surface area contributed by atoms with Crippen molar-refractivity contribution in [2.45, 2.75) is 12.8 Å². The zero-order chi connectivity index (χ0) is 17.2. The molecule has 2 unspecified atom stereocenters. The SMILES string of the molecule is N=C1C=CCCC1=C(N)C1C=CC(c2ccccc2)=C2C=CC=CC21. The quantitative estimate of drug-likeness (QED) is 0.793. The van der Waals surface area contributed by atoms with Crippen LogP contribution in [0, 0.1) is 17.2 Å². The fraction of sp³-hybridized carbons (Fsp3) is 0.174. The smallest absolute Gasteiger partial charge is 0.0586 e. The molecule has 0 heterocycles. The minimum absolute atomic E-state index is 0.116. The van der Waals surface area contributed by atoms with Gasteiger partial charge in [0.15, 0.2) is 0 Å². The Hall–Kier alpha value is -2.87. The lowest BCUT2D eigenvalue weighted by molar-refractivity contribution is 0.598. The summed E-state index contributed by atoms with van der Waals surface area (Å²) >= 11 is 0. The molecule has 0 fully saturated rings. The monoisotopic (exact) mass is 326 g/mol. The Morgan fingerprint density at radius 3 is 2.64 bits per heavy atom. The van der Waals surface area contributed by atoms with Crippen molar-refractivity contribution in [1.82, 2.24) is 0 Å². The van der Waals surface area contributed by atoms with Crippen LogP contribution in [0.25, 0.3) is 5.57 Å². The molecular formula is C23H22N2. The van der Waals surface area contributed by atoms with Gasteiger partial charge in [0.1, 0.15) is 0 Å². The van der Waals surface area contributed by atoms with Crippen LogP contribution in [0.3, 0.4) is 0 Å². The van der Waals surface area contributed by atoms with E-state index >= 15 is 0 Å². The summed E-state index contributed by atoms with van der Waals surface area (Å²) in [7, 11) is 0. The molecule has 124 valence electrons. The zero-order valence-corrected chi connectivity index (χ0v) is 14.2. The molecule has 2 heteroatoms. The lowest BCUT2D eigenvalue weighted by atomic mass is 9.73. The van der Waals surface area contributed by atoms with Gasteiger partial charge in [-0.2, -0.15) is 0 Å². The molecule has 1 aromatic carbocycles. The summed E-state index contributed by atoms with van der Waals surface area (Å²) < 4.78 is 0. The highest BCUT2D eigenvalue weighted by atomic mass is 14.6. The van der Waals surface area contributed by atoms with E-state index in [1.54, 1.807) is 0 Å². The van der Waals surface area contributed by atoms with Crippen molar-refractivity contribution in [2.75, 3.05) is 0 Å². The largest absolute Gasteiger partial charge is 0.401 e. The van der Waals surface area contributed by atoms with Crippen LogP contribution in [0.4, 0.5) is 0 Å². The van der Waals surface area contributed by atoms with Crippen LogP contribution in [-0.4, -0.2) is 5.71 Å². The first kappa shape index (κ1) is 15.6. The number of rotatable bonds is 2. The highest BCUT2D eigenvalue weighted by molar-refractivity contribution is 6.07. The molecule has 3 N–H and O–H groups in total. The van der Waals surface area contributed by atoms with E-state index < -0.39 is 0 Å². The van der Waals surface area contributed by atoms with E-state index in [0.29, 0.717) is 5.71 Å². The summed E-state index contributed by atoms with van der Waals surface area (Å²) in [5.74, 6) is 0.349. The van der Waals surface area contributed by atoms with Crippen molar-refractivity contribution in [3.8, 4) is 0 Å². The van der Waals surface area contributed by atoms with Crippen LogP contribution in [0.15, 0.2) is 95.8 Å². The molecule has 25 heavy (non-hydrogen) atoms. The molecule has 2 atom stereocenters. The molecular weight excluding hydrogens is 304 g/mol. The third kappa shape index (κ3) is 2.85. The van der Waals surface area contributed by atoms with Crippen LogP contribution in [-0.2, 0) is 0 Å². The molecule has 0 amide bonds. The molecule has 0 saturated heterocycles. The molecule has 4 rings (SSSR count). The van der Waals surface area contributed by atoms with Gasteiger partial charge in [-0.25, -0.2) is 0 Å². The van der Waals surface area contributed by atoms with Gasteiger partial charge in [0, 0.05) is 17.5 Å². The van der Waals surface area contributed by atoms with E-state index in [1.807, 2.05) is 12.1 Å². The highest BCUT2D eigenvalue weighted by Gasteiger charge is 2.30. The van der Waals surface area contributed by atoms with Gasteiger partial charge in [-0.15, -0.1) is 0 Å². The minimum atomic E-state index is 0.116. The van der Waals surface area contributed by atoms with Crippen molar-refractivity contribution >= 4 is 11.3 Å². The first-order valence-electron chi connectivity index (χ1n) is 8.82.